The Morgan fingerprint density at radius 1 is 1.24 bits per heavy atom. The summed E-state index contributed by atoms with van der Waals surface area (Å²) in [6.45, 7) is 2.79. The Bertz CT molecular complexity index is 962. The quantitative estimate of drug-likeness (QED) is 0.638. The average Bonchev–Trinajstić information content (AvgIpc) is 3.22. The van der Waals surface area contributed by atoms with E-state index >= 15 is 0 Å². The Hall–Kier alpha value is -2.03. The van der Waals surface area contributed by atoms with Crippen LogP contribution in [0.25, 0.3) is 10.9 Å². The molecule has 3 rings (SSSR count). The highest BCUT2D eigenvalue weighted by atomic mass is 32.2. The van der Waals surface area contributed by atoms with E-state index in [4.69, 9.17) is 9.47 Å². The first kappa shape index (κ1) is 17.8. The van der Waals surface area contributed by atoms with E-state index < -0.39 is 10.0 Å². The predicted octanol–water partition coefficient (Wildman–Crippen LogP) is 3.39. The van der Waals surface area contributed by atoms with Gasteiger partial charge in [0, 0.05) is 31.3 Å². The molecule has 0 radical (unpaired) electrons. The maximum atomic E-state index is 12.9. The smallest absolute Gasteiger partial charge is 0.273 e. The molecule has 0 spiro atoms. The van der Waals surface area contributed by atoms with E-state index in [1.165, 1.54) is 15.6 Å². The van der Waals surface area contributed by atoms with Crippen molar-refractivity contribution >= 4 is 38.0 Å². The number of aromatic nitrogens is 1. The number of hydrogen-bond donors (Lipinski definition) is 1. The van der Waals surface area contributed by atoms with E-state index in [-0.39, 0.29) is 0 Å². The molecule has 0 aliphatic heterocycles. The number of anilines is 1. The van der Waals surface area contributed by atoms with Gasteiger partial charge >= 0.3 is 0 Å². The summed E-state index contributed by atoms with van der Waals surface area (Å²) in [5, 5.41) is 2.65. The number of thiophene rings is 1. The number of fused-ring (bicyclic) bond motifs is 1. The van der Waals surface area contributed by atoms with Crippen molar-refractivity contribution in [1.82, 2.24) is 4.98 Å². The van der Waals surface area contributed by atoms with Crippen LogP contribution in [0.15, 0.2) is 39.9 Å². The zero-order chi connectivity index (χ0) is 18.0. The van der Waals surface area contributed by atoms with E-state index in [2.05, 4.69) is 4.98 Å². The number of nitrogens with zero attached hydrogens (tertiary/aromatic N) is 1. The molecule has 0 amide bonds. The minimum atomic E-state index is -3.62. The van der Waals surface area contributed by atoms with Crippen molar-refractivity contribution < 1.29 is 17.9 Å². The number of benzene rings is 1. The number of sulfonamides is 1. The van der Waals surface area contributed by atoms with Crippen LogP contribution in [0.3, 0.4) is 0 Å². The fraction of sp³-hybridized carbons (Fsp3) is 0.294. The van der Waals surface area contributed by atoms with Gasteiger partial charge in [0.25, 0.3) is 10.0 Å². The van der Waals surface area contributed by atoms with Crippen LogP contribution in [0.5, 0.6) is 5.75 Å². The Morgan fingerprint density at radius 2 is 2.04 bits per heavy atom. The van der Waals surface area contributed by atoms with Crippen molar-refractivity contribution in [2.45, 2.75) is 11.1 Å². The second-order valence-corrected chi connectivity index (χ2v) is 8.75. The van der Waals surface area contributed by atoms with Crippen molar-refractivity contribution in [3.05, 3.63) is 41.4 Å². The Labute approximate surface area is 151 Å². The molecule has 134 valence electrons. The second-order valence-electron chi connectivity index (χ2n) is 5.60. The summed E-state index contributed by atoms with van der Waals surface area (Å²) >= 11 is 1.20. The fourth-order valence-corrected chi connectivity index (χ4v) is 4.95. The van der Waals surface area contributed by atoms with Gasteiger partial charge in [-0.25, -0.2) is 8.42 Å². The summed E-state index contributed by atoms with van der Waals surface area (Å²) in [5.74, 6) is 0.603. The minimum absolute atomic E-state index is 0.303. The number of aryl methyl sites for hydroxylation is 1. The van der Waals surface area contributed by atoms with Crippen molar-refractivity contribution in [3.8, 4) is 5.75 Å². The van der Waals surface area contributed by atoms with Gasteiger partial charge in [-0.2, -0.15) is 0 Å². The monoisotopic (exact) mass is 380 g/mol. The molecule has 0 saturated heterocycles. The van der Waals surface area contributed by atoms with Crippen molar-refractivity contribution in [2.75, 3.05) is 31.7 Å². The molecule has 1 N–H and O–H groups in total. The number of H-pyrrole nitrogens is 1. The Morgan fingerprint density at radius 3 is 2.72 bits per heavy atom. The highest BCUT2D eigenvalue weighted by Gasteiger charge is 2.25. The molecule has 0 aliphatic carbocycles. The summed E-state index contributed by atoms with van der Waals surface area (Å²) in [6.07, 6.45) is 0. The van der Waals surface area contributed by atoms with Crippen molar-refractivity contribution in [3.63, 3.8) is 0 Å². The molecule has 0 atom stereocenters. The third-order valence-corrected chi connectivity index (χ3v) is 6.97. The van der Waals surface area contributed by atoms with Crippen LogP contribution in [-0.4, -0.2) is 40.8 Å². The van der Waals surface area contributed by atoms with Crippen LogP contribution in [-0.2, 0) is 14.8 Å². The van der Waals surface area contributed by atoms with Gasteiger partial charge in [0.15, 0.2) is 0 Å². The molecule has 2 heterocycles. The van der Waals surface area contributed by atoms with E-state index in [9.17, 15) is 8.42 Å². The van der Waals surface area contributed by atoms with Gasteiger partial charge in [0.2, 0.25) is 0 Å². The molecule has 0 saturated carbocycles. The van der Waals surface area contributed by atoms with E-state index in [1.807, 2.05) is 19.1 Å². The molecular weight excluding hydrogens is 360 g/mol. The number of nitrogens with one attached hydrogen (secondary N) is 1. The number of methoxy groups -OCH3 is 1. The molecule has 0 fully saturated rings. The normalized spacial score (nSPS) is 11.8. The van der Waals surface area contributed by atoms with Crippen LogP contribution in [0.4, 0.5) is 5.69 Å². The second kappa shape index (κ2) is 7.07. The maximum absolute atomic E-state index is 12.9. The lowest BCUT2D eigenvalue weighted by atomic mass is 10.2. The SMILES string of the molecule is COCCOc1cc(N(C)S(=O)(=O)c2cccs2)c2[nH]c(C)cc2c1. The summed E-state index contributed by atoms with van der Waals surface area (Å²) in [7, 11) is -0.461. The summed E-state index contributed by atoms with van der Waals surface area (Å²) in [5.41, 5.74) is 2.26. The lowest BCUT2D eigenvalue weighted by molar-refractivity contribution is 0.146. The van der Waals surface area contributed by atoms with Crippen molar-refractivity contribution in [2.24, 2.45) is 0 Å². The number of aromatic amines is 1. The topological polar surface area (TPSA) is 71.6 Å². The van der Waals surface area contributed by atoms with Gasteiger partial charge in [-0.15, -0.1) is 11.3 Å². The first-order valence-electron chi connectivity index (χ1n) is 7.71. The van der Waals surface area contributed by atoms with Gasteiger partial charge in [-0.05, 0) is 30.5 Å². The third kappa shape index (κ3) is 3.51. The zero-order valence-electron chi connectivity index (χ0n) is 14.3. The lowest BCUT2D eigenvalue weighted by Crippen LogP contribution is -2.26. The highest BCUT2D eigenvalue weighted by Crippen LogP contribution is 2.35. The Balaban J connectivity index is 2.07. The van der Waals surface area contributed by atoms with Gasteiger partial charge in [-0.1, -0.05) is 6.07 Å². The fourth-order valence-electron chi connectivity index (χ4n) is 2.59. The molecule has 0 unspecified atom stereocenters. The number of ether oxygens (including phenoxy) is 2. The van der Waals surface area contributed by atoms with Crippen LogP contribution in [0.1, 0.15) is 5.69 Å². The largest absolute Gasteiger partial charge is 0.491 e. The molecule has 1 aromatic carbocycles. The number of hydrogen-bond acceptors (Lipinski definition) is 5. The van der Waals surface area contributed by atoms with Crippen LogP contribution >= 0.6 is 11.3 Å². The van der Waals surface area contributed by atoms with Gasteiger partial charge in [-0.3, -0.25) is 4.31 Å². The zero-order valence-corrected chi connectivity index (χ0v) is 15.9. The van der Waals surface area contributed by atoms with Crippen LogP contribution in [0, 0.1) is 6.92 Å². The summed E-state index contributed by atoms with van der Waals surface area (Å²) in [6, 6.07) is 8.92. The lowest BCUT2D eigenvalue weighted by Gasteiger charge is -2.20. The molecular formula is C17H20N2O4S2. The molecule has 0 bridgehead atoms. The van der Waals surface area contributed by atoms with Crippen molar-refractivity contribution in [1.29, 1.82) is 0 Å². The molecule has 6 nitrogen and oxygen atoms in total. The highest BCUT2D eigenvalue weighted by molar-refractivity contribution is 7.94. The molecule has 0 aliphatic rings. The van der Waals surface area contributed by atoms with Gasteiger partial charge in [0.05, 0.1) is 17.8 Å². The standard InChI is InChI=1S/C17H20N2O4S2/c1-12-9-13-10-14(23-7-6-22-3)11-15(17(13)18-12)19(2)25(20,21)16-5-4-8-24-16/h4-5,8-11,18H,6-7H2,1-3H3. The molecule has 2 aromatic heterocycles. The van der Waals surface area contributed by atoms with Crippen LogP contribution in [0.2, 0.25) is 0 Å². The molecule has 25 heavy (non-hydrogen) atoms. The van der Waals surface area contributed by atoms with E-state index in [0.717, 1.165) is 16.6 Å². The maximum Gasteiger partial charge on any atom is 0.273 e. The Kier molecular flexibility index (Phi) is 5.03. The van der Waals surface area contributed by atoms with E-state index in [0.29, 0.717) is 28.9 Å². The van der Waals surface area contributed by atoms with Gasteiger partial charge < -0.3 is 14.5 Å². The first-order chi connectivity index (χ1) is 11.9. The summed E-state index contributed by atoms with van der Waals surface area (Å²) in [4.78, 5) is 3.24. The van der Waals surface area contributed by atoms with E-state index in [1.54, 1.807) is 37.7 Å². The first-order valence-corrected chi connectivity index (χ1v) is 10.0. The number of rotatable bonds is 7. The molecule has 8 heteroatoms. The minimum Gasteiger partial charge on any atom is -0.491 e. The van der Waals surface area contributed by atoms with Gasteiger partial charge in [0.1, 0.15) is 16.6 Å². The third-order valence-electron chi connectivity index (χ3n) is 3.82. The summed E-state index contributed by atoms with van der Waals surface area (Å²) < 4.78 is 38.1. The molecule has 3 aromatic rings. The predicted molar refractivity (Wildman–Crippen MR) is 100 cm³/mol. The average molecular weight is 380 g/mol. The van der Waals surface area contributed by atoms with Crippen LogP contribution < -0.4 is 9.04 Å².